The molecule has 0 aromatic rings. The molecule has 5 heteroatoms. The molecule has 0 fully saturated rings. The van der Waals surface area contributed by atoms with Gasteiger partial charge >= 0.3 is 11.9 Å². The van der Waals surface area contributed by atoms with E-state index < -0.39 is 5.97 Å². The smallest absolute Gasteiger partial charge is 0.330 e. The predicted octanol–water partition coefficient (Wildman–Crippen LogP) is 0.647. The summed E-state index contributed by atoms with van der Waals surface area (Å²) in [4.78, 5) is 21.6. The van der Waals surface area contributed by atoms with Crippen molar-refractivity contribution in [2.24, 2.45) is 0 Å². The molecule has 0 aliphatic rings. The van der Waals surface area contributed by atoms with Crippen LogP contribution < -0.4 is 5.32 Å². The lowest BCUT2D eigenvalue weighted by atomic mass is 10.3. The van der Waals surface area contributed by atoms with E-state index in [-0.39, 0.29) is 12.1 Å². The number of hydrogen-bond donors (Lipinski definition) is 1. The van der Waals surface area contributed by atoms with Crippen LogP contribution in [0.25, 0.3) is 0 Å². The van der Waals surface area contributed by atoms with Gasteiger partial charge in [-0.25, -0.2) is 4.79 Å². The van der Waals surface area contributed by atoms with E-state index >= 15 is 0 Å². The number of nitrogens with one attached hydrogen (secondary N) is 1. The Balaban J connectivity index is 3.40. The summed E-state index contributed by atoms with van der Waals surface area (Å²) in [6, 6.07) is 0. The predicted molar refractivity (Wildman–Crippen MR) is 59.9 cm³/mol. The van der Waals surface area contributed by atoms with Crippen LogP contribution in [0.2, 0.25) is 0 Å². The number of rotatable bonds is 8. The number of esters is 2. The Labute approximate surface area is 95.8 Å². The first-order valence-corrected chi connectivity index (χ1v) is 5.20. The van der Waals surface area contributed by atoms with Gasteiger partial charge in [0, 0.05) is 19.0 Å². The first-order chi connectivity index (χ1) is 7.60. The van der Waals surface area contributed by atoms with E-state index in [0.717, 1.165) is 6.08 Å². The van der Waals surface area contributed by atoms with E-state index in [2.05, 4.69) is 16.6 Å². The Hall–Kier alpha value is -1.36. The minimum Gasteiger partial charge on any atom is -0.469 e. The summed E-state index contributed by atoms with van der Waals surface area (Å²) >= 11 is 0. The zero-order valence-electron chi connectivity index (χ0n) is 9.82. The maximum Gasteiger partial charge on any atom is 0.330 e. The highest BCUT2D eigenvalue weighted by atomic mass is 16.5. The van der Waals surface area contributed by atoms with Crippen molar-refractivity contribution in [2.45, 2.75) is 25.9 Å². The van der Waals surface area contributed by atoms with E-state index in [9.17, 15) is 9.59 Å². The average Bonchev–Trinajstić information content (AvgIpc) is 2.27. The molecule has 0 rings (SSSR count). The molecule has 5 nitrogen and oxygen atoms in total. The SMILES string of the molecule is C=CC(=O)OC(C)CNCCCC(=O)OC. The number of carbonyl (C=O) groups excluding carboxylic acids is 2. The van der Waals surface area contributed by atoms with E-state index in [1.165, 1.54) is 7.11 Å². The molecule has 1 N–H and O–H groups in total. The van der Waals surface area contributed by atoms with Gasteiger partial charge < -0.3 is 14.8 Å². The normalized spacial score (nSPS) is 11.6. The lowest BCUT2D eigenvalue weighted by molar-refractivity contribution is -0.142. The largest absolute Gasteiger partial charge is 0.469 e. The molecule has 0 aromatic heterocycles. The quantitative estimate of drug-likeness (QED) is 0.376. The second-order valence-electron chi connectivity index (χ2n) is 3.34. The molecule has 0 radical (unpaired) electrons. The van der Waals surface area contributed by atoms with Gasteiger partial charge in [0.25, 0.3) is 0 Å². The van der Waals surface area contributed by atoms with Crippen molar-refractivity contribution in [3.05, 3.63) is 12.7 Å². The van der Waals surface area contributed by atoms with Crippen molar-refractivity contribution in [3.63, 3.8) is 0 Å². The Bertz CT molecular complexity index is 240. The van der Waals surface area contributed by atoms with Crippen molar-refractivity contribution >= 4 is 11.9 Å². The van der Waals surface area contributed by atoms with E-state index in [4.69, 9.17) is 4.74 Å². The fourth-order valence-electron chi connectivity index (χ4n) is 1.05. The van der Waals surface area contributed by atoms with Crippen LogP contribution in [-0.2, 0) is 19.1 Å². The molecule has 0 amide bonds. The fraction of sp³-hybridized carbons (Fsp3) is 0.636. The van der Waals surface area contributed by atoms with E-state index in [1.54, 1.807) is 6.92 Å². The molecule has 0 bridgehead atoms. The van der Waals surface area contributed by atoms with Crippen LogP contribution >= 0.6 is 0 Å². The topological polar surface area (TPSA) is 64.6 Å². The van der Waals surface area contributed by atoms with Crippen LogP contribution in [0.5, 0.6) is 0 Å². The molecule has 1 unspecified atom stereocenters. The second-order valence-corrected chi connectivity index (χ2v) is 3.34. The van der Waals surface area contributed by atoms with Crippen LogP contribution in [-0.4, -0.2) is 38.2 Å². The van der Waals surface area contributed by atoms with E-state index in [1.807, 2.05) is 0 Å². The number of methoxy groups -OCH3 is 1. The molecule has 1 atom stereocenters. The van der Waals surface area contributed by atoms with Gasteiger partial charge in [-0.3, -0.25) is 4.79 Å². The maximum atomic E-state index is 10.8. The maximum absolute atomic E-state index is 10.8. The monoisotopic (exact) mass is 229 g/mol. The van der Waals surface area contributed by atoms with Gasteiger partial charge in [-0.05, 0) is 19.9 Å². The van der Waals surface area contributed by atoms with Crippen LogP contribution in [0.1, 0.15) is 19.8 Å². The third-order valence-electron chi connectivity index (χ3n) is 1.88. The number of carbonyl (C=O) groups is 2. The van der Waals surface area contributed by atoms with Crippen LogP contribution in [0.4, 0.5) is 0 Å². The summed E-state index contributed by atoms with van der Waals surface area (Å²) in [6.07, 6.45) is 2.02. The molecule has 0 aliphatic heterocycles. The molecule has 0 spiro atoms. The molecule has 0 saturated heterocycles. The highest BCUT2D eigenvalue weighted by Gasteiger charge is 2.05. The van der Waals surface area contributed by atoms with Gasteiger partial charge in [0.2, 0.25) is 0 Å². The summed E-state index contributed by atoms with van der Waals surface area (Å²) in [5, 5.41) is 3.07. The summed E-state index contributed by atoms with van der Waals surface area (Å²) in [5.74, 6) is -0.642. The average molecular weight is 229 g/mol. The minimum absolute atomic E-state index is 0.205. The van der Waals surface area contributed by atoms with Gasteiger partial charge in [0.05, 0.1) is 7.11 Å². The lowest BCUT2D eigenvalue weighted by Crippen LogP contribution is -2.29. The summed E-state index contributed by atoms with van der Waals surface area (Å²) < 4.78 is 9.44. The molecule has 16 heavy (non-hydrogen) atoms. The molecule has 0 aromatic carbocycles. The van der Waals surface area contributed by atoms with Crippen molar-refractivity contribution in [1.82, 2.24) is 5.32 Å². The Morgan fingerprint density at radius 3 is 2.75 bits per heavy atom. The minimum atomic E-state index is -0.427. The van der Waals surface area contributed by atoms with E-state index in [0.29, 0.717) is 25.9 Å². The first-order valence-electron chi connectivity index (χ1n) is 5.20. The first kappa shape index (κ1) is 14.6. The molecular weight excluding hydrogens is 210 g/mol. The second kappa shape index (κ2) is 8.91. The van der Waals surface area contributed by atoms with Crippen molar-refractivity contribution in [3.8, 4) is 0 Å². The standard InChI is InChI=1S/C11H19NO4/c1-4-10(13)16-9(2)8-12-7-5-6-11(14)15-3/h4,9,12H,1,5-8H2,2-3H3. The molecular formula is C11H19NO4. The van der Waals surface area contributed by atoms with Gasteiger partial charge in [-0.2, -0.15) is 0 Å². The molecule has 92 valence electrons. The Kier molecular flexibility index (Phi) is 8.15. The van der Waals surface area contributed by atoms with Crippen LogP contribution in [0.3, 0.4) is 0 Å². The zero-order valence-corrected chi connectivity index (χ0v) is 9.82. The fourth-order valence-corrected chi connectivity index (χ4v) is 1.05. The Morgan fingerprint density at radius 1 is 1.50 bits per heavy atom. The number of ether oxygens (including phenoxy) is 2. The van der Waals surface area contributed by atoms with Crippen molar-refractivity contribution in [1.29, 1.82) is 0 Å². The van der Waals surface area contributed by atoms with Crippen molar-refractivity contribution in [2.75, 3.05) is 20.2 Å². The summed E-state index contributed by atoms with van der Waals surface area (Å²) in [6.45, 7) is 6.33. The lowest BCUT2D eigenvalue weighted by Gasteiger charge is -2.12. The number of hydrogen-bond acceptors (Lipinski definition) is 5. The van der Waals surface area contributed by atoms with Gasteiger partial charge in [-0.15, -0.1) is 0 Å². The third-order valence-corrected chi connectivity index (χ3v) is 1.88. The summed E-state index contributed by atoms with van der Waals surface area (Å²) in [5.41, 5.74) is 0. The van der Waals surface area contributed by atoms with Gasteiger partial charge in [-0.1, -0.05) is 6.58 Å². The van der Waals surface area contributed by atoms with Crippen LogP contribution in [0.15, 0.2) is 12.7 Å². The van der Waals surface area contributed by atoms with Crippen molar-refractivity contribution < 1.29 is 19.1 Å². The highest BCUT2D eigenvalue weighted by Crippen LogP contribution is 1.92. The van der Waals surface area contributed by atoms with Gasteiger partial charge in [0.15, 0.2) is 0 Å². The molecule has 0 aliphatic carbocycles. The molecule has 0 heterocycles. The van der Waals surface area contributed by atoms with Gasteiger partial charge in [0.1, 0.15) is 6.10 Å². The van der Waals surface area contributed by atoms with Crippen LogP contribution in [0, 0.1) is 0 Å². The highest BCUT2D eigenvalue weighted by molar-refractivity contribution is 5.81. The third kappa shape index (κ3) is 7.99. The molecule has 0 saturated carbocycles. The zero-order chi connectivity index (χ0) is 12.4. The Morgan fingerprint density at radius 2 is 2.19 bits per heavy atom. The summed E-state index contributed by atoms with van der Waals surface area (Å²) in [7, 11) is 1.37.